The number of thiazole rings is 1. The summed E-state index contributed by atoms with van der Waals surface area (Å²) in [6, 6.07) is -1.04. The Morgan fingerprint density at radius 2 is 2.30 bits per heavy atom. The van der Waals surface area contributed by atoms with Gasteiger partial charge >= 0.3 is 5.97 Å². The molecule has 0 bridgehead atoms. The number of carboxylic acids is 1. The van der Waals surface area contributed by atoms with Crippen molar-refractivity contribution >= 4 is 34.2 Å². The highest BCUT2D eigenvalue weighted by molar-refractivity contribution is 8.00. The van der Waals surface area contributed by atoms with E-state index in [-0.39, 0.29) is 0 Å². The third kappa shape index (κ3) is 3.65. The second-order valence-electron chi connectivity index (χ2n) is 5.19. The zero-order chi connectivity index (χ0) is 14.6. The maximum absolute atomic E-state index is 10.8. The number of rotatable bonds is 6. The molecule has 7 heteroatoms. The average molecular weight is 315 g/mol. The molecule has 0 amide bonds. The summed E-state index contributed by atoms with van der Waals surface area (Å²) in [5, 5.41) is 14.7. The van der Waals surface area contributed by atoms with E-state index in [1.165, 1.54) is 43.4 Å². The Balaban J connectivity index is 1.95. The molecule has 0 aromatic carbocycles. The summed E-state index contributed by atoms with van der Waals surface area (Å²) in [6.45, 7) is 0.878. The van der Waals surface area contributed by atoms with Crippen LogP contribution in [-0.4, -0.2) is 33.6 Å². The number of thioether (sulfide) groups is 1. The molecule has 0 saturated heterocycles. The molecular weight excluding hydrogens is 294 g/mol. The summed E-state index contributed by atoms with van der Waals surface area (Å²) in [7, 11) is 0. The Morgan fingerprint density at radius 3 is 2.90 bits per heavy atom. The Bertz CT molecular complexity index is 458. The molecule has 5 nitrogen and oxygen atoms in total. The lowest BCUT2D eigenvalue weighted by Gasteiger charge is -2.35. The summed E-state index contributed by atoms with van der Waals surface area (Å²) in [5.41, 5.74) is 5.98. The summed E-state index contributed by atoms with van der Waals surface area (Å²) in [4.78, 5) is 15.1. The molecular formula is C13H21N3O2S2. The molecule has 1 heterocycles. The number of nitrogens with one attached hydrogen (secondary N) is 1. The maximum Gasteiger partial charge on any atom is 0.326 e. The van der Waals surface area contributed by atoms with Crippen LogP contribution in [0, 0.1) is 0 Å². The predicted molar refractivity (Wildman–Crippen MR) is 84.5 cm³/mol. The smallest absolute Gasteiger partial charge is 0.326 e. The third-order valence-corrected chi connectivity index (χ3v) is 6.10. The number of carbonyl (C=O) groups is 1. The van der Waals surface area contributed by atoms with E-state index in [0.717, 1.165) is 11.7 Å². The van der Waals surface area contributed by atoms with Gasteiger partial charge in [-0.05, 0) is 19.1 Å². The Hall–Kier alpha value is -0.790. The van der Waals surface area contributed by atoms with Crippen LogP contribution in [0.15, 0.2) is 5.38 Å². The van der Waals surface area contributed by atoms with Crippen LogP contribution in [0.3, 0.4) is 0 Å². The molecule has 1 aliphatic carbocycles. The standard InChI is InChI=1S/C13H21N3O2S2/c1-19-13(5-3-2-4-6-13)8-15-12-16-9(7-20-12)10(14)11(17)18/h7,10H,2-6,8,14H2,1H3,(H,15,16)(H,17,18). The fourth-order valence-electron chi connectivity index (χ4n) is 2.52. The van der Waals surface area contributed by atoms with Gasteiger partial charge in [-0.3, -0.25) is 4.79 Å². The van der Waals surface area contributed by atoms with Crippen LogP contribution < -0.4 is 11.1 Å². The lowest BCUT2D eigenvalue weighted by molar-refractivity contribution is -0.138. The van der Waals surface area contributed by atoms with Crippen LogP contribution in [0.2, 0.25) is 0 Å². The minimum absolute atomic E-state index is 0.291. The van der Waals surface area contributed by atoms with E-state index in [1.807, 2.05) is 11.8 Å². The molecule has 112 valence electrons. The van der Waals surface area contributed by atoms with Gasteiger partial charge in [0.1, 0.15) is 6.04 Å². The first-order valence-corrected chi connectivity index (χ1v) is 8.90. The lowest BCUT2D eigenvalue weighted by Crippen LogP contribution is -2.35. The monoisotopic (exact) mass is 315 g/mol. The fourth-order valence-corrected chi connectivity index (χ4v) is 4.18. The first-order valence-electron chi connectivity index (χ1n) is 6.79. The van der Waals surface area contributed by atoms with Crippen molar-refractivity contribution in [2.75, 3.05) is 18.1 Å². The van der Waals surface area contributed by atoms with Gasteiger partial charge < -0.3 is 16.2 Å². The molecule has 1 unspecified atom stereocenters. The van der Waals surface area contributed by atoms with Crippen LogP contribution in [0.5, 0.6) is 0 Å². The van der Waals surface area contributed by atoms with Crippen molar-refractivity contribution in [1.82, 2.24) is 4.98 Å². The topological polar surface area (TPSA) is 88.2 Å². The third-order valence-electron chi connectivity index (χ3n) is 3.87. The van der Waals surface area contributed by atoms with Gasteiger partial charge in [-0.2, -0.15) is 11.8 Å². The zero-order valence-electron chi connectivity index (χ0n) is 11.6. The van der Waals surface area contributed by atoms with Crippen LogP contribution >= 0.6 is 23.1 Å². The minimum atomic E-state index is -1.05. The molecule has 1 atom stereocenters. The molecule has 4 N–H and O–H groups in total. The van der Waals surface area contributed by atoms with Crippen molar-refractivity contribution in [2.45, 2.75) is 42.9 Å². The van der Waals surface area contributed by atoms with Crippen molar-refractivity contribution < 1.29 is 9.90 Å². The molecule has 2 rings (SSSR count). The summed E-state index contributed by atoms with van der Waals surface area (Å²) in [5.74, 6) is -1.05. The Kier molecular flexibility index (Phi) is 5.29. The van der Waals surface area contributed by atoms with E-state index in [0.29, 0.717) is 10.4 Å². The Morgan fingerprint density at radius 1 is 1.60 bits per heavy atom. The molecule has 20 heavy (non-hydrogen) atoms. The highest BCUT2D eigenvalue weighted by atomic mass is 32.2. The van der Waals surface area contributed by atoms with Gasteiger partial charge in [0.15, 0.2) is 5.13 Å². The van der Waals surface area contributed by atoms with E-state index in [2.05, 4.69) is 16.6 Å². The average Bonchev–Trinajstić information content (AvgIpc) is 2.94. The molecule has 1 aliphatic rings. The number of hydrogen-bond acceptors (Lipinski definition) is 6. The van der Waals surface area contributed by atoms with Crippen LogP contribution in [0.1, 0.15) is 43.8 Å². The Labute approximate surface area is 127 Å². The number of carboxylic acid groups (broad SMARTS) is 1. The molecule has 1 fully saturated rings. The first kappa shape index (κ1) is 15.6. The van der Waals surface area contributed by atoms with Gasteiger partial charge in [-0.1, -0.05) is 19.3 Å². The molecule has 1 aromatic rings. The number of anilines is 1. The minimum Gasteiger partial charge on any atom is -0.480 e. The van der Waals surface area contributed by atoms with Gasteiger partial charge in [0.05, 0.1) is 5.69 Å². The van der Waals surface area contributed by atoms with E-state index < -0.39 is 12.0 Å². The van der Waals surface area contributed by atoms with Crippen molar-refractivity contribution in [3.8, 4) is 0 Å². The lowest BCUT2D eigenvalue weighted by atomic mass is 9.88. The molecule has 0 aliphatic heterocycles. The normalized spacial score (nSPS) is 19.5. The number of hydrogen-bond donors (Lipinski definition) is 3. The van der Waals surface area contributed by atoms with E-state index in [9.17, 15) is 4.79 Å². The number of aromatic nitrogens is 1. The van der Waals surface area contributed by atoms with Gasteiger partial charge in [0.2, 0.25) is 0 Å². The predicted octanol–water partition coefficient (Wildman–Crippen LogP) is 2.71. The molecule has 1 saturated carbocycles. The quantitative estimate of drug-likeness (QED) is 0.748. The van der Waals surface area contributed by atoms with Gasteiger partial charge in [0.25, 0.3) is 0 Å². The van der Waals surface area contributed by atoms with Crippen molar-refractivity contribution in [2.24, 2.45) is 5.73 Å². The summed E-state index contributed by atoms with van der Waals surface area (Å²) in [6.07, 6.45) is 8.53. The fraction of sp³-hybridized carbons (Fsp3) is 0.692. The summed E-state index contributed by atoms with van der Waals surface area (Å²) >= 11 is 3.34. The van der Waals surface area contributed by atoms with Crippen LogP contribution in [0.25, 0.3) is 0 Å². The van der Waals surface area contributed by atoms with E-state index >= 15 is 0 Å². The number of nitrogens with two attached hydrogens (primary N) is 1. The maximum atomic E-state index is 10.8. The number of nitrogens with zero attached hydrogens (tertiary/aromatic N) is 1. The van der Waals surface area contributed by atoms with E-state index in [1.54, 1.807) is 5.38 Å². The van der Waals surface area contributed by atoms with Crippen molar-refractivity contribution in [3.63, 3.8) is 0 Å². The van der Waals surface area contributed by atoms with Gasteiger partial charge in [-0.25, -0.2) is 4.98 Å². The highest BCUT2D eigenvalue weighted by Gasteiger charge is 2.31. The first-order chi connectivity index (χ1) is 9.56. The second-order valence-corrected chi connectivity index (χ2v) is 7.33. The van der Waals surface area contributed by atoms with Crippen LogP contribution in [-0.2, 0) is 4.79 Å². The molecule has 0 spiro atoms. The summed E-state index contributed by atoms with van der Waals surface area (Å²) < 4.78 is 0.291. The number of aliphatic carboxylic acids is 1. The van der Waals surface area contributed by atoms with E-state index in [4.69, 9.17) is 10.8 Å². The molecule has 0 radical (unpaired) electrons. The zero-order valence-corrected chi connectivity index (χ0v) is 13.2. The second kappa shape index (κ2) is 6.78. The van der Waals surface area contributed by atoms with Gasteiger partial charge in [0, 0.05) is 16.7 Å². The molecule has 1 aromatic heterocycles. The van der Waals surface area contributed by atoms with Crippen molar-refractivity contribution in [3.05, 3.63) is 11.1 Å². The highest BCUT2D eigenvalue weighted by Crippen LogP contribution is 2.38. The van der Waals surface area contributed by atoms with Crippen molar-refractivity contribution in [1.29, 1.82) is 0 Å². The SMILES string of the molecule is CSC1(CNc2nc(C(N)C(=O)O)cs2)CCCCC1. The van der Waals surface area contributed by atoms with Gasteiger partial charge in [-0.15, -0.1) is 11.3 Å². The van der Waals surface area contributed by atoms with Crippen LogP contribution in [0.4, 0.5) is 5.13 Å². The largest absolute Gasteiger partial charge is 0.480 e.